The van der Waals surface area contributed by atoms with Crippen LogP contribution in [-0.2, 0) is 32.6 Å². The van der Waals surface area contributed by atoms with E-state index in [4.69, 9.17) is 23.2 Å². The average molecular weight is 659 g/mol. The minimum atomic E-state index is -3.64. The Hall–Kier alpha value is -3.07. The molecule has 1 atom stereocenters. The zero-order valence-corrected chi connectivity index (χ0v) is 27.7. The number of sulfonamides is 1. The minimum Gasteiger partial charge on any atom is -0.352 e. The molecular formula is C34H41Cl2N3O4S. The van der Waals surface area contributed by atoms with Crippen LogP contribution in [0.4, 0.5) is 5.69 Å². The molecular weight excluding hydrogens is 617 g/mol. The lowest BCUT2D eigenvalue weighted by Gasteiger charge is -2.34. The Kier molecular flexibility index (Phi) is 12.1. The number of carbonyl (C=O) groups excluding carboxylic acids is 2. The summed E-state index contributed by atoms with van der Waals surface area (Å²) in [6, 6.07) is 21.4. The fourth-order valence-corrected chi connectivity index (χ4v) is 7.03. The molecule has 1 aliphatic rings. The Balaban J connectivity index is 1.60. The van der Waals surface area contributed by atoms with Gasteiger partial charge in [-0.05, 0) is 67.1 Å². The molecule has 0 spiro atoms. The van der Waals surface area contributed by atoms with E-state index in [0.717, 1.165) is 48.6 Å². The van der Waals surface area contributed by atoms with Crippen molar-refractivity contribution >= 4 is 50.7 Å². The van der Waals surface area contributed by atoms with Gasteiger partial charge in [-0.15, -0.1) is 0 Å². The Morgan fingerprint density at radius 2 is 1.57 bits per heavy atom. The summed E-state index contributed by atoms with van der Waals surface area (Å²) in [5, 5.41) is 4.25. The lowest BCUT2D eigenvalue weighted by Crippen LogP contribution is -2.52. The molecule has 0 bridgehead atoms. The fraction of sp³-hybridized carbons (Fsp3) is 0.412. The van der Waals surface area contributed by atoms with Crippen molar-refractivity contribution in [1.82, 2.24) is 10.2 Å². The summed E-state index contributed by atoms with van der Waals surface area (Å²) < 4.78 is 26.9. The van der Waals surface area contributed by atoms with Gasteiger partial charge >= 0.3 is 0 Å². The predicted molar refractivity (Wildman–Crippen MR) is 179 cm³/mol. The summed E-state index contributed by atoms with van der Waals surface area (Å²) in [6.45, 7) is 2.13. The van der Waals surface area contributed by atoms with Gasteiger partial charge in [0.1, 0.15) is 6.04 Å². The van der Waals surface area contributed by atoms with Gasteiger partial charge in [-0.2, -0.15) is 0 Å². The van der Waals surface area contributed by atoms with Crippen molar-refractivity contribution in [1.29, 1.82) is 0 Å². The Morgan fingerprint density at radius 1 is 0.909 bits per heavy atom. The van der Waals surface area contributed by atoms with Crippen LogP contribution in [0.1, 0.15) is 61.6 Å². The van der Waals surface area contributed by atoms with Crippen molar-refractivity contribution < 1.29 is 18.0 Å². The summed E-state index contributed by atoms with van der Waals surface area (Å²) in [5.41, 5.74) is 3.04. The second-order valence-corrected chi connectivity index (χ2v) is 14.3. The maximum Gasteiger partial charge on any atom is 0.243 e. The molecule has 236 valence electrons. The molecule has 7 nitrogen and oxygen atoms in total. The SMILES string of the molecule is Cc1ccc(Cl)cc1N(CCCC(=O)N(Cc1ccc(Cl)cc1)[C@H](Cc1ccccc1)C(=O)NC1CCCCC1)S(C)(=O)=O. The molecule has 0 saturated heterocycles. The first-order chi connectivity index (χ1) is 21.0. The zero-order chi connectivity index (χ0) is 31.7. The summed E-state index contributed by atoms with van der Waals surface area (Å²) in [6.07, 6.45) is 7.00. The Labute approximate surface area is 271 Å². The predicted octanol–water partition coefficient (Wildman–Crippen LogP) is 6.94. The van der Waals surface area contributed by atoms with Crippen LogP contribution in [0.15, 0.2) is 72.8 Å². The summed E-state index contributed by atoms with van der Waals surface area (Å²) in [5.74, 6) is -0.397. The van der Waals surface area contributed by atoms with Gasteiger partial charge in [0.2, 0.25) is 21.8 Å². The van der Waals surface area contributed by atoms with E-state index in [2.05, 4.69) is 5.32 Å². The number of aryl methyl sites for hydroxylation is 1. The number of anilines is 1. The van der Waals surface area contributed by atoms with Gasteiger partial charge in [0, 0.05) is 42.0 Å². The number of halogens is 2. The number of nitrogens with zero attached hydrogens (tertiary/aromatic N) is 2. The van der Waals surface area contributed by atoms with Crippen molar-refractivity contribution in [3.8, 4) is 0 Å². The highest BCUT2D eigenvalue weighted by molar-refractivity contribution is 7.92. The molecule has 10 heteroatoms. The second-order valence-electron chi connectivity index (χ2n) is 11.6. The maximum absolute atomic E-state index is 14.1. The van der Waals surface area contributed by atoms with Crippen molar-refractivity contribution in [3.63, 3.8) is 0 Å². The Morgan fingerprint density at radius 3 is 2.23 bits per heavy atom. The number of benzene rings is 3. The molecule has 2 amide bonds. The molecule has 3 aromatic carbocycles. The van der Waals surface area contributed by atoms with Gasteiger partial charge < -0.3 is 10.2 Å². The molecule has 1 N–H and O–H groups in total. The monoisotopic (exact) mass is 657 g/mol. The van der Waals surface area contributed by atoms with Gasteiger partial charge in [-0.3, -0.25) is 13.9 Å². The second kappa shape index (κ2) is 15.8. The van der Waals surface area contributed by atoms with Crippen LogP contribution in [0.2, 0.25) is 10.0 Å². The topological polar surface area (TPSA) is 86.8 Å². The van der Waals surface area contributed by atoms with E-state index in [0.29, 0.717) is 22.2 Å². The highest BCUT2D eigenvalue weighted by Gasteiger charge is 2.32. The highest BCUT2D eigenvalue weighted by atomic mass is 35.5. The van der Waals surface area contributed by atoms with E-state index >= 15 is 0 Å². The summed E-state index contributed by atoms with van der Waals surface area (Å²) in [7, 11) is -3.64. The fourth-order valence-electron chi connectivity index (χ4n) is 5.72. The zero-order valence-electron chi connectivity index (χ0n) is 25.3. The molecule has 1 fully saturated rings. The van der Waals surface area contributed by atoms with E-state index in [1.165, 1.54) is 10.7 Å². The number of hydrogen-bond acceptors (Lipinski definition) is 4. The first-order valence-electron chi connectivity index (χ1n) is 15.1. The van der Waals surface area contributed by atoms with E-state index in [-0.39, 0.29) is 43.8 Å². The normalized spacial score (nSPS) is 14.5. The van der Waals surface area contributed by atoms with Crippen LogP contribution >= 0.6 is 23.2 Å². The molecule has 0 aromatic heterocycles. The van der Waals surface area contributed by atoms with Crippen molar-refractivity contribution in [2.24, 2.45) is 0 Å². The van der Waals surface area contributed by atoms with Crippen molar-refractivity contribution in [2.45, 2.75) is 76.9 Å². The van der Waals surface area contributed by atoms with E-state index in [9.17, 15) is 18.0 Å². The molecule has 0 unspecified atom stereocenters. The Bertz CT molecular complexity index is 1510. The number of amides is 2. The highest BCUT2D eigenvalue weighted by Crippen LogP contribution is 2.27. The van der Waals surface area contributed by atoms with Gasteiger partial charge in [-0.1, -0.05) is 91.0 Å². The first-order valence-corrected chi connectivity index (χ1v) is 17.7. The third-order valence-electron chi connectivity index (χ3n) is 8.08. The van der Waals surface area contributed by atoms with Crippen LogP contribution in [0.25, 0.3) is 0 Å². The molecule has 0 heterocycles. The molecule has 1 aliphatic carbocycles. The van der Waals surface area contributed by atoms with Gasteiger partial charge in [0.05, 0.1) is 11.9 Å². The van der Waals surface area contributed by atoms with Crippen LogP contribution < -0.4 is 9.62 Å². The lowest BCUT2D eigenvalue weighted by molar-refractivity contribution is -0.141. The quantitative estimate of drug-likeness (QED) is 0.216. The number of carbonyl (C=O) groups is 2. The van der Waals surface area contributed by atoms with Crippen LogP contribution in [0, 0.1) is 6.92 Å². The molecule has 3 aromatic rings. The minimum absolute atomic E-state index is 0.0568. The molecule has 1 saturated carbocycles. The van der Waals surface area contributed by atoms with Crippen LogP contribution in [0.3, 0.4) is 0 Å². The average Bonchev–Trinajstić information content (AvgIpc) is 2.99. The third-order valence-corrected chi connectivity index (χ3v) is 9.75. The van der Waals surface area contributed by atoms with Crippen molar-refractivity contribution in [2.75, 3.05) is 17.1 Å². The lowest BCUT2D eigenvalue weighted by atomic mass is 9.94. The standard InChI is InChI=1S/C34H41Cl2N3O4S/c1-25-15-18-29(36)23-31(25)39(44(2,42)43)21-9-14-33(40)38(24-27-16-19-28(35)20-17-27)32(22-26-10-5-3-6-11-26)34(41)37-30-12-7-4-8-13-30/h3,5-6,10-11,15-20,23,30,32H,4,7-9,12-14,21-22,24H2,1-2H3,(H,37,41)/t32-/m1/s1. The number of nitrogens with one attached hydrogen (secondary N) is 1. The largest absolute Gasteiger partial charge is 0.352 e. The van der Waals surface area contributed by atoms with Crippen molar-refractivity contribution in [3.05, 3.63) is 99.5 Å². The smallest absolute Gasteiger partial charge is 0.243 e. The van der Waals surface area contributed by atoms with Gasteiger partial charge in [-0.25, -0.2) is 8.42 Å². The molecule has 4 rings (SSSR count). The molecule has 44 heavy (non-hydrogen) atoms. The number of rotatable bonds is 13. The van der Waals surface area contributed by atoms with Gasteiger partial charge in [0.15, 0.2) is 0 Å². The van der Waals surface area contributed by atoms with Gasteiger partial charge in [0.25, 0.3) is 0 Å². The third kappa shape index (κ3) is 9.71. The van der Waals surface area contributed by atoms with Crippen LogP contribution in [0.5, 0.6) is 0 Å². The molecule has 0 aliphatic heterocycles. The molecule has 0 radical (unpaired) electrons. The first kappa shape index (κ1) is 33.8. The summed E-state index contributed by atoms with van der Waals surface area (Å²) >= 11 is 12.3. The maximum atomic E-state index is 14.1. The van der Waals surface area contributed by atoms with E-state index in [1.54, 1.807) is 35.2 Å². The summed E-state index contributed by atoms with van der Waals surface area (Å²) in [4.78, 5) is 29.7. The number of hydrogen-bond donors (Lipinski definition) is 1. The van der Waals surface area contributed by atoms with E-state index < -0.39 is 16.1 Å². The van der Waals surface area contributed by atoms with E-state index in [1.807, 2.05) is 49.4 Å². The van der Waals surface area contributed by atoms with Crippen LogP contribution in [-0.4, -0.2) is 50.0 Å².